The van der Waals surface area contributed by atoms with Crippen molar-refractivity contribution in [3.05, 3.63) is 71.1 Å². The third-order valence-corrected chi connectivity index (χ3v) is 17.7. The molecule has 5 nitrogen and oxygen atoms in total. The van der Waals surface area contributed by atoms with Crippen LogP contribution in [0.3, 0.4) is 0 Å². The van der Waals surface area contributed by atoms with E-state index in [2.05, 4.69) is 73.9 Å². The smallest absolute Gasteiger partial charge is 0.340 e. The molecule has 6 rings (SSSR count). The van der Waals surface area contributed by atoms with Crippen LogP contribution in [0.4, 0.5) is 0 Å². The van der Waals surface area contributed by atoms with E-state index in [0.29, 0.717) is 24.3 Å². The molecule has 0 amide bonds. The highest BCUT2D eigenvalue weighted by Crippen LogP contribution is 2.45. The molecular weight excluding hydrogens is 935 g/mol. The number of nitrogens with zero attached hydrogens (tertiary/aromatic N) is 1. The zero-order chi connectivity index (χ0) is 51.1. The molecule has 3 aromatic carbocycles. The fourth-order valence-electron chi connectivity index (χ4n) is 11.2. The number of benzene rings is 3. The van der Waals surface area contributed by atoms with Crippen molar-refractivity contribution in [2.75, 3.05) is 13.2 Å². The number of carbonyl (C=O) groups excluding carboxylic acids is 2. The van der Waals surface area contributed by atoms with Crippen molar-refractivity contribution in [3.63, 3.8) is 0 Å². The van der Waals surface area contributed by atoms with Crippen molar-refractivity contribution in [2.24, 2.45) is 0 Å². The standard InChI is InChI=1S/C66H97NO4S2/c1-4-7-10-13-16-19-22-23-24-25-26-27-28-31-34-39-47-67-58-43-38-37-42-54(58)55-45-44-53(51-59(55)67)60-52-57-62(66(69)71-49-41-36-33-30-21-18-15-12-9-6-3)63-56(46-50-72-63)61(64(57)73-60)65(68)70-48-40-35-32-29-20-17-14-11-8-5-2/h37-38,42-46,50-52H,4-36,39-41,47-49H2,1-3H3. The molecule has 0 aliphatic heterocycles. The summed E-state index contributed by atoms with van der Waals surface area (Å²) in [5.41, 5.74) is 4.79. The summed E-state index contributed by atoms with van der Waals surface area (Å²) in [5, 5.41) is 6.14. The molecule has 6 aromatic rings. The van der Waals surface area contributed by atoms with Gasteiger partial charge in [0.2, 0.25) is 0 Å². The highest BCUT2D eigenvalue weighted by Gasteiger charge is 2.27. The van der Waals surface area contributed by atoms with E-state index in [1.165, 1.54) is 232 Å². The number of unbranched alkanes of at least 4 members (excludes halogenated alkanes) is 33. The summed E-state index contributed by atoms with van der Waals surface area (Å²) in [4.78, 5) is 29.7. The lowest BCUT2D eigenvalue weighted by Crippen LogP contribution is -2.11. The molecule has 0 spiro atoms. The number of para-hydroxylation sites is 1. The van der Waals surface area contributed by atoms with Crippen LogP contribution in [0.25, 0.3) is 52.4 Å². The van der Waals surface area contributed by atoms with Crippen LogP contribution in [-0.2, 0) is 16.0 Å². The summed E-state index contributed by atoms with van der Waals surface area (Å²) in [7, 11) is 0. The lowest BCUT2D eigenvalue weighted by molar-refractivity contribution is 0.0490. The zero-order valence-corrected chi connectivity index (χ0v) is 47.9. The monoisotopic (exact) mass is 1030 g/mol. The first-order valence-electron chi connectivity index (χ1n) is 30.4. The van der Waals surface area contributed by atoms with E-state index in [4.69, 9.17) is 9.47 Å². The van der Waals surface area contributed by atoms with Gasteiger partial charge in [-0.2, -0.15) is 0 Å². The van der Waals surface area contributed by atoms with E-state index < -0.39 is 0 Å². The average Bonchev–Trinajstić information content (AvgIpc) is 4.15. The van der Waals surface area contributed by atoms with Crippen molar-refractivity contribution < 1.29 is 19.1 Å². The summed E-state index contributed by atoms with van der Waals surface area (Å²) < 4.78 is 16.4. The Kier molecular flexibility index (Phi) is 27.9. The Morgan fingerprint density at radius 2 is 0.836 bits per heavy atom. The van der Waals surface area contributed by atoms with Gasteiger partial charge in [-0.05, 0) is 54.5 Å². The molecule has 0 atom stereocenters. The van der Waals surface area contributed by atoms with Crippen LogP contribution in [-0.4, -0.2) is 29.7 Å². The van der Waals surface area contributed by atoms with Gasteiger partial charge in [0.05, 0.1) is 33.7 Å². The number of thiophene rings is 2. The van der Waals surface area contributed by atoms with Gasteiger partial charge in [0, 0.05) is 44.0 Å². The van der Waals surface area contributed by atoms with Crippen LogP contribution < -0.4 is 0 Å². The molecule has 0 saturated heterocycles. The molecule has 402 valence electrons. The van der Waals surface area contributed by atoms with Crippen molar-refractivity contribution in [1.29, 1.82) is 0 Å². The van der Waals surface area contributed by atoms with Crippen molar-refractivity contribution in [3.8, 4) is 10.4 Å². The van der Waals surface area contributed by atoms with Crippen LogP contribution >= 0.6 is 22.7 Å². The van der Waals surface area contributed by atoms with Crippen LogP contribution in [0.2, 0.25) is 0 Å². The first-order chi connectivity index (χ1) is 36.1. The summed E-state index contributed by atoms with van der Waals surface area (Å²) in [5.74, 6) is -0.588. The number of ether oxygens (including phenoxy) is 2. The second-order valence-electron chi connectivity index (χ2n) is 21.6. The summed E-state index contributed by atoms with van der Waals surface area (Å²) in [6.45, 7) is 8.63. The maximum absolute atomic E-state index is 14.3. The number of fused-ring (bicyclic) bond motifs is 5. The van der Waals surface area contributed by atoms with Crippen molar-refractivity contribution in [2.45, 2.75) is 258 Å². The van der Waals surface area contributed by atoms with Gasteiger partial charge in [-0.1, -0.05) is 263 Å². The minimum Gasteiger partial charge on any atom is -0.462 e. The number of hydrogen-bond donors (Lipinski definition) is 0. The van der Waals surface area contributed by atoms with Crippen LogP contribution in [0.5, 0.6) is 0 Å². The number of hydrogen-bond acceptors (Lipinski definition) is 6. The SMILES string of the molecule is CCCCCCCCCCCCCCCCCCn1c2ccccc2c2ccc(-c3cc4c(C(=O)OCCCCCCCCCCCC)c5sccc5c(C(=O)OCCCCCCCCCCCC)c4s3)cc21. The Morgan fingerprint density at radius 3 is 1.33 bits per heavy atom. The summed E-state index contributed by atoms with van der Waals surface area (Å²) in [6, 6.07) is 19.9. The maximum atomic E-state index is 14.3. The zero-order valence-electron chi connectivity index (χ0n) is 46.2. The molecule has 0 aliphatic carbocycles. The van der Waals surface area contributed by atoms with E-state index in [0.717, 1.165) is 69.3 Å². The number of carbonyl (C=O) groups is 2. The Labute approximate surface area is 451 Å². The summed E-state index contributed by atoms with van der Waals surface area (Å²) in [6.07, 6.45) is 46.5. The molecule has 0 aliphatic rings. The second-order valence-corrected chi connectivity index (χ2v) is 23.6. The van der Waals surface area contributed by atoms with E-state index in [1.54, 1.807) is 11.3 Å². The van der Waals surface area contributed by atoms with Gasteiger partial charge in [0.1, 0.15) is 0 Å². The molecule has 0 unspecified atom stereocenters. The highest BCUT2D eigenvalue weighted by molar-refractivity contribution is 7.23. The topological polar surface area (TPSA) is 57.5 Å². The quantitative estimate of drug-likeness (QED) is 0.0283. The Hall–Kier alpha value is -3.68. The fourth-order valence-corrected chi connectivity index (χ4v) is 13.3. The van der Waals surface area contributed by atoms with Gasteiger partial charge in [0.15, 0.2) is 0 Å². The van der Waals surface area contributed by atoms with Gasteiger partial charge in [-0.3, -0.25) is 0 Å². The lowest BCUT2D eigenvalue weighted by Gasteiger charge is -2.11. The van der Waals surface area contributed by atoms with Gasteiger partial charge in [-0.25, -0.2) is 9.59 Å². The average molecular weight is 1030 g/mol. The first kappa shape index (κ1) is 58.6. The predicted molar refractivity (Wildman–Crippen MR) is 319 cm³/mol. The Bertz CT molecular complexity index is 2380. The van der Waals surface area contributed by atoms with Crippen LogP contribution in [0.1, 0.15) is 273 Å². The minimum atomic E-state index is -0.294. The first-order valence-corrected chi connectivity index (χ1v) is 32.1. The molecule has 7 heteroatoms. The highest BCUT2D eigenvalue weighted by atomic mass is 32.1. The molecule has 3 heterocycles. The molecule has 3 aromatic heterocycles. The molecule has 0 bridgehead atoms. The molecule has 0 fully saturated rings. The third kappa shape index (κ3) is 18.8. The van der Waals surface area contributed by atoms with E-state index in [-0.39, 0.29) is 11.9 Å². The number of aromatic nitrogens is 1. The summed E-state index contributed by atoms with van der Waals surface area (Å²) >= 11 is 3.13. The predicted octanol–water partition coefficient (Wildman–Crippen LogP) is 22.3. The number of rotatable bonds is 42. The van der Waals surface area contributed by atoms with Crippen molar-refractivity contribution >= 4 is 76.6 Å². The second kappa shape index (κ2) is 34.8. The number of esters is 2. The van der Waals surface area contributed by atoms with Crippen LogP contribution in [0, 0.1) is 0 Å². The van der Waals surface area contributed by atoms with E-state index in [9.17, 15) is 9.59 Å². The van der Waals surface area contributed by atoms with Gasteiger partial charge in [-0.15, -0.1) is 22.7 Å². The molecule has 0 saturated carbocycles. The lowest BCUT2D eigenvalue weighted by atomic mass is 10.0. The Morgan fingerprint density at radius 1 is 0.411 bits per heavy atom. The number of aryl methyl sites for hydroxylation is 1. The normalized spacial score (nSPS) is 11.8. The van der Waals surface area contributed by atoms with Gasteiger partial charge < -0.3 is 14.0 Å². The third-order valence-electron chi connectivity index (χ3n) is 15.6. The van der Waals surface area contributed by atoms with Crippen molar-refractivity contribution in [1.82, 2.24) is 4.57 Å². The fraction of sp³-hybridized carbons (Fsp3) is 0.636. The Balaban J connectivity index is 1.13. The molecule has 0 N–H and O–H groups in total. The van der Waals surface area contributed by atoms with E-state index >= 15 is 0 Å². The van der Waals surface area contributed by atoms with Gasteiger partial charge >= 0.3 is 11.9 Å². The minimum absolute atomic E-state index is 0.294. The van der Waals surface area contributed by atoms with Gasteiger partial charge in [0.25, 0.3) is 0 Å². The van der Waals surface area contributed by atoms with E-state index in [1.807, 2.05) is 11.4 Å². The maximum Gasteiger partial charge on any atom is 0.340 e. The molecular formula is C66H97NO4S2. The largest absolute Gasteiger partial charge is 0.462 e. The molecule has 0 radical (unpaired) electrons. The molecule has 73 heavy (non-hydrogen) atoms. The van der Waals surface area contributed by atoms with Crippen LogP contribution in [0.15, 0.2) is 60.0 Å².